The quantitative estimate of drug-likeness (QED) is 0.733. The van der Waals surface area contributed by atoms with Gasteiger partial charge in [0.25, 0.3) is 0 Å². The van der Waals surface area contributed by atoms with Gasteiger partial charge in [-0.2, -0.15) is 0 Å². The standard InChI is InChI=1S/C13H25NO2/c1-13(2,3)14-9-8-12(15)16-10-11-6-4-5-7-11/h11,14H,4-10H2,1-3H3. The summed E-state index contributed by atoms with van der Waals surface area (Å²) in [5, 5.41) is 3.28. The van der Waals surface area contributed by atoms with Gasteiger partial charge in [0.15, 0.2) is 0 Å². The number of rotatable bonds is 5. The number of carbonyl (C=O) groups is 1. The molecule has 0 aromatic rings. The monoisotopic (exact) mass is 227 g/mol. The molecule has 3 heteroatoms. The topological polar surface area (TPSA) is 38.3 Å². The molecule has 0 aliphatic heterocycles. The van der Waals surface area contributed by atoms with Crippen molar-refractivity contribution in [1.29, 1.82) is 0 Å². The smallest absolute Gasteiger partial charge is 0.307 e. The largest absolute Gasteiger partial charge is 0.465 e. The molecule has 1 fully saturated rings. The van der Waals surface area contributed by atoms with Crippen molar-refractivity contribution in [3.8, 4) is 0 Å². The van der Waals surface area contributed by atoms with Crippen molar-refractivity contribution in [3.63, 3.8) is 0 Å². The van der Waals surface area contributed by atoms with Crippen LogP contribution in [0.25, 0.3) is 0 Å². The first kappa shape index (κ1) is 13.5. The highest BCUT2D eigenvalue weighted by atomic mass is 16.5. The minimum absolute atomic E-state index is 0.0661. The highest BCUT2D eigenvalue weighted by molar-refractivity contribution is 5.69. The van der Waals surface area contributed by atoms with Crippen LogP contribution in [0.15, 0.2) is 0 Å². The van der Waals surface area contributed by atoms with Gasteiger partial charge in [0, 0.05) is 12.1 Å². The lowest BCUT2D eigenvalue weighted by Gasteiger charge is -2.20. The Morgan fingerprint density at radius 2 is 1.94 bits per heavy atom. The summed E-state index contributed by atoms with van der Waals surface area (Å²) in [5.74, 6) is 0.558. The second kappa shape index (κ2) is 6.24. The van der Waals surface area contributed by atoms with Gasteiger partial charge < -0.3 is 10.1 Å². The summed E-state index contributed by atoms with van der Waals surface area (Å²) in [7, 11) is 0. The summed E-state index contributed by atoms with van der Waals surface area (Å²) in [5.41, 5.74) is 0.0751. The maximum Gasteiger partial charge on any atom is 0.307 e. The fraction of sp³-hybridized carbons (Fsp3) is 0.923. The lowest BCUT2D eigenvalue weighted by Crippen LogP contribution is -2.37. The van der Waals surface area contributed by atoms with E-state index in [1.807, 2.05) is 0 Å². The van der Waals surface area contributed by atoms with Gasteiger partial charge in [0.2, 0.25) is 0 Å². The van der Waals surface area contributed by atoms with Crippen LogP contribution < -0.4 is 5.32 Å². The van der Waals surface area contributed by atoms with E-state index >= 15 is 0 Å². The van der Waals surface area contributed by atoms with Crippen molar-refractivity contribution < 1.29 is 9.53 Å². The predicted molar refractivity (Wildman–Crippen MR) is 65.3 cm³/mol. The molecule has 1 rings (SSSR count). The third kappa shape index (κ3) is 6.11. The van der Waals surface area contributed by atoms with Crippen LogP contribution in [-0.2, 0) is 9.53 Å². The Bertz CT molecular complexity index is 214. The third-order valence-corrected chi connectivity index (χ3v) is 2.94. The zero-order chi connectivity index (χ0) is 12.0. The van der Waals surface area contributed by atoms with Gasteiger partial charge >= 0.3 is 5.97 Å². The van der Waals surface area contributed by atoms with Crippen LogP contribution in [0, 0.1) is 5.92 Å². The summed E-state index contributed by atoms with van der Waals surface area (Å²) in [4.78, 5) is 11.4. The molecule has 0 bridgehead atoms. The van der Waals surface area contributed by atoms with E-state index in [0.717, 1.165) is 0 Å². The molecule has 0 heterocycles. The Hall–Kier alpha value is -0.570. The van der Waals surface area contributed by atoms with Crippen LogP contribution in [-0.4, -0.2) is 24.7 Å². The van der Waals surface area contributed by atoms with E-state index in [9.17, 15) is 4.79 Å². The molecule has 16 heavy (non-hydrogen) atoms. The summed E-state index contributed by atoms with van der Waals surface area (Å²) in [6.45, 7) is 7.62. The van der Waals surface area contributed by atoms with E-state index in [1.54, 1.807) is 0 Å². The van der Waals surface area contributed by atoms with E-state index in [4.69, 9.17) is 4.74 Å². The molecule has 1 aliphatic rings. The average molecular weight is 227 g/mol. The summed E-state index contributed by atoms with van der Waals surface area (Å²) in [6.07, 6.45) is 5.53. The van der Waals surface area contributed by atoms with Crippen molar-refractivity contribution in [2.75, 3.05) is 13.2 Å². The Kier molecular flexibility index (Phi) is 5.26. The molecule has 0 saturated heterocycles. The average Bonchev–Trinajstić information content (AvgIpc) is 2.65. The summed E-state index contributed by atoms with van der Waals surface area (Å²) >= 11 is 0. The third-order valence-electron chi connectivity index (χ3n) is 2.94. The normalized spacial score (nSPS) is 17.7. The van der Waals surface area contributed by atoms with Gasteiger partial charge in [-0.25, -0.2) is 0 Å². The Morgan fingerprint density at radius 1 is 1.31 bits per heavy atom. The molecule has 1 aliphatic carbocycles. The Morgan fingerprint density at radius 3 is 2.50 bits per heavy atom. The van der Waals surface area contributed by atoms with Crippen molar-refractivity contribution >= 4 is 5.97 Å². The number of nitrogens with one attached hydrogen (secondary N) is 1. The van der Waals surface area contributed by atoms with Crippen LogP contribution in [0.2, 0.25) is 0 Å². The maximum atomic E-state index is 11.4. The van der Waals surface area contributed by atoms with Gasteiger partial charge in [-0.15, -0.1) is 0 Å². The van der Waals surface area contributed by atoms with E-state index < -0.39 is 0 Å². The second-order valence-electron chi connectivity index (χ2n) is 5.76. The highest BCUT2D eigenvalue weighted by Crippen LogP contribution is 2.24. The number of hydrogen-bond donors (Lipinski definition) is 1. The van der Waals surface area contributed by atoms with Gasteiger partial charge in [0.05, 0.1) is 13.0 Å². The Labute approximate surface area is 98.9 Å². The molecule has 0 radical (unpaired) electrons. The summed E-state index contributed by atoms with van der Waals surface area (Å²) in [6, 6.07) is 0. The second-order valence-corrected chi connectivity index (χ2v) is 5.76. The lowest BCUT2D eigenvalue weighted by atomic mass is 10.1. The first-order chi connectivity index (χ1) is 7.47. The first-order valence-electron chi connectivity index (χ1n) is 6.38. The predicted octanol–water partition coefficient (Wildman–Crippen LogP) is 2.50. The zero-order valence-corrected chi connectivity index (χ0v) is 10.8. The minimum atomic E-state index is -0.0661. The molecule has 0 aromatic carbocycles. The Balaban J connectivity index is 2.02. The van der Waals surface area contributed by atoms with E-state index in [2.05, 4.69) is 26.1 Å². The molecule has 94 valence electrons. The van der Waals surface area contributed by atoms with Crippen molar-refractivity contribution in [3.05, 3.63) is 0 Å². The van der Waals surface area contributed by atoms with Crippen molar-refractivity contribution in [1.82, 2.24) is 5.32 Å². The fourth-order valence-electron chi connectivity index (χ4n) is 2.00. The molecule has 1 N–H and O–H groups in total. The number of esters is 1. The minimum Gasteiger partial charge on any atom is -0.465 e. The molecule has 0 spiro atoms. The van der Waals surface area contributed by atoms with Crippen LogP contribution >= 0.6 is 0 Å². The van der Waals surface area contributed by atoms with E-state index in [0.29, 0.717) is 25.5 Å². The van der Waals surface area contributed by atoms with Crippen LogP contribution in [0.1, 0.15) is 52.9 Å². The molecular weight excluding hydrogens is 202 g/mol. The van der Waals surface area contributed by atoms with Crippen LogP contribution in [0.5, 0.6) is 0 Å². The van der Waals surface area contributed by atoms with Gasteiger partial charge in [0.1, 0.15) is 0 Å². The summed E-state index contributed by atoms with van der Waals surface area (Å²) < 4.78 is 5.26. The van der Waals surface area contributed by atoms with E-state index in [-0.39, 0.29) is 11.5 Å². The molecule has 0 aromatic heterocycles. The lowest BCUT2D eigenvalue weighted by molar-refractivity contribution is -0.144. The number of hydrogen-bond acceptors (Lipinski definition) is 3. The molecule has 0 unspecified atom stereocenters. The molecular formula is C13H25NO2. The van der Waals surface area contributed by atoms with Crippen molar-refractivity contribution in [2.45, 2.75) is 58.4 Å². The zero-order valence-electron chi connectivity index (χ0n) is 10.8. The maximum absolute atomic E-state index is 11.4. The SMILES string of the molecule is CC(C)(C)NCCC(=O)OCC1CCCC1. The molecule has 0 amide bonds. The molecule has 0 atom stereocenters. The fourth-order valence-corrected chi connectivity index (χ4v) is 2.00. The first-order valence-corrected chi connectivity index (χ1v) is 6.38. The number of carbonyl (C=O) groups excluding carboxylic acids is 1. The van der Waals surface area contributed by atoms with E-state index in [1.165, 1.54) is 25.7 Å². The number of ether oxygens (including phenoxy) is 1. The van der Waals surface area contributed by atoms with Crippen LogP contribution in [0.3, 0.4) is 0 Å². The molecule has 3 nitrogen and oxygen atoms in total. The molecule has 1 saturated carbocycles. The van der Waals surface area contributed by atoms with Gasteiger partial charge in [-0.05, 0) is 39.5 Å². The highest BCUT2D eigenvalue weighted by Gasteiger charge is 2.17. The van der Waals surface area contributed by atoms with Crippen molar-refractivity contribution in [2.24, 2.45) is 5.92 Å². The van der Waals surface area contributed by atoms with Gasteiger partial charge in [-0.3, -0.25) is 4.79 Å². The van der Waals surface area contributed by atoms with Gasteiger partial charge in [-0.1, -0.05) is 12.8 Å². The van der Waals surface area contributed by atoms with Crippen LogP contribution in [0.4, 0.5) is 0 Å².